The molecule has 1 unspecified atom stereocenters. The second-order valence-electron chi connectivity index (χ2n) is 3.92. The number of hydrogen-bond donors (Lipinski definition) is 1. The van der Waals surface area contributed by atoms with Crippen LogP contribution in [0.1, 0.15) is 17.3 Å². The SMILES string of the molecule is CNC(c1ccc(Cl)c(Cl)c1)c1ncc(Br)cc1Br. The Morgan fingerprint density at radius 3 is 2.47 bits per heavy atom. The van der Waals surface area contributed by atoms with E-state index in [1.54, 1.807) is 12.3 Å². The average molecular weight is 425 g/mol. The second-order valence-corrected chi connectivity index (χ2v) is 6.50. The Morgan fingerprint density at radius 2 is 1.89 bits per heavy atom. The van der Waals surface area contributed by atoms with Crippen LogP contribution in [-0.2, 0) is 0 Å². The molecule has 0 saturated carbocycles. The molecule has 2 nitrogen and oxygen atoms in total. The van der Waals surface area contributed by atoms with Gasteiger partial charge >= 0.3 is 0 Å². The van der Waals surface area contributed by atoms with Crippen molar-refractivity contribution in [3.63, 3.8) is 0 Å². The van der Waals surface area contributed by atoms with E-state index in [0.717, 1.165) is 20.2 Å². The first-order valence-electron chi connectivity index (χ1n) is 5.46. The van der Waals surface area contributed by atoms with Crippen LogP contribution < -0.4 is 5.32 Å². The highest BCUT2D eigenvalue weighted by atomic mass is 79.9. The molecule has 1 atom stereocenters. The van der Waals surface area contributed by atoms with Crippen molar-refractivity contribution in [2.45, 2.75) is 6.04 Å². The van der Waals surface area contributed by atoms with Gasteiger partial charge in [0.25, 0.3) is 0 Å². The average Bonchev–Trinajstić information content (AvgIpc) is 2.37. The minimum atomic E-state index is -0.0581. The van der Waals surface area contributed by atoms with Crippen LogP contribution in [0.25, 0.3) is 0 Å². The zero-order valence-corrected chi connectivity index (χ0v) is 14.6. The van der Waals surface area contributed by atoms with Crippen molar-refractivity contribution in [1.82, 2.24) is 10.3 Å². The van der Waals surface area contributed by atoms with Crippen molar-refractivity contribution in [3.8, 4) is 0 Å². The second kappa shape index (κ2) is 6.55. The van der Waals surface area contributed by atoms with E-state index in [1.165, 1.54) is 0 Å². The lowest BCUT2D eigenvalue weighted by Crippen LogP contribution is -2.19. The first-order valence-corrected chi connectivity index (χ1v) is 7.80. The van der Waals surface area contributed by atoms with E-state index < -0.39 is 0 Å². The van der Waals surface area contributed by atoms with Gasteiger partial charge in [0.1, 0.15) is 0 Å². The molecule has 2 rings (SSSR count). The molecule has 6 heteroatoms. The third kappa shape index (κ3) is 3.50. The van der Waals surface area contributed by atoms with E-state index in [4.69, 9.17) is 23.2 Å². The van der Waals surface area contributed by atoms with Crippen LogP contribution in [-0.4, -0.2) is 12.0 Å². The maximum absolute atomic E-state index is 6.07. The summed E-state index contributed by atoms with van der Waals surface area (Å²) in [5.41, 5.74) is 1.90. The number of pyridine rings is 1. The topological polar surface area (TPSA) is 24.9 Å². The van der Waals surface area contributed by atoms with Gasteiger partial charge in [0.15, 0.2) is 0 Å². The van der Waals surface area contributed by atoms with Crippen LogP contribution in [0.5, 0.6) is 0 Å². The summed E-state index contributed by atoms with van der Waals surface area (Å²) in [6.45, 7) is 0. The monoisotopic (exact) mass is 422 g/mol. The highest BCUT2D eigenvalue weighted by molar-refractivity contribution is 9.11. The summed E-state index contributed by atoms with van der Waals surface area (Å²) >= 11 is 18.9. The summed E-state index contributed by atoms with van der Waals surface area (Å²) in [5, 5.41) is 4.31. The van der Waals surface area contributed by atoms with Gasteiger partial charge in [-0.3, -0.25) is 4.98 Å². The van der Waals surface area contributed by atoms with Crippen LogP contribution in [0.3, 0.4) is 0 Å². The Morgan fingerprint density at radius 1 is 1.16 bits per heavy atom. The van der Waals surface area contributed by atoms with Crippen molar-refractivity contribution >= 4 is 55.1 Å². The molecule has 1 N–H and O–H groups in total. The van der Waals surface area contributed by atoms with E-state index in [9.17, 15) is 0 Å². The van der Waals surface area contributed by atoms with Crippen LogP contribution in [0.2, 0.25) is 10.0 Å². The van der Waals surface area contributed by atoms with Crippen LogP contribution in [0, 0.1) is 0 Å². The molecule has 0 aliphatic heterocycles. The molecule has 0 aliphatic rings. The number of nitrogens with one attached hydrogen (secondary N) is 1. The fourth-order valence-corrected chi connectivity index (χ4v) is 3.31. The summed E-state index contributed by atoms with van der Waals surface area (Å²) < 4.78 is 1.85. The Hall–Kier alpha value is -0.130. The minimum Gasteiger partial charge on any atom is -0.308 e. The highest BCUT2D eigenvalue weighted by Gasteiger charge is 2.17. The summed E-state index contributed by atoms with van der Waals surface area (Å²) in [4.78, 5) is 4.45. The van der Waals surface area contributed by atoms with Crippen LogP contribution in [0.15, 0.2) is 39.4 Å². The lowest BCUT2D eigenvalue weighted by molar-refractivity contribution is 0.667. The quantitative estimate of drug-likeness (QED) is 0.730. The highest BCUT2D eigenvalue weighted by Crippen LogP contribution is 2.31. The van der Waals surface area contributed by atoms with Gasteiger partial charge in [0.05, 0.1) is 21.8 Å². The van der Waals surface area contributed by atoms with Gasteiger partial charge < -0.3 is 5.32 Å². The van der Waals surface area contributed by atoms with Gasteiger partial charge in [0, 0.05) is 15.1 Å². The summed E-state index contributed by atoms with van der Waals surface area (Å²) in [7, 11) is 1.88. The summed E-state index contributed by atoms with van der Waals surface area (Å²) in [6, 6.07) is 7.48. The molecule has 1 aromatic carbocycles. The van der Waals surface area contributed by atoms with Crippen molar-refractivity contribution in [2.75, 3.05) is 7.05 Å². The smallest absolute Gasteiger partial charge is 0.0761 e. The van der Waals surface area contributed by atoms with Gasteiger partial charge in [-0.25, -0.2) is 0 Å². The molecule has 0 aliphatic carbocycles. The third-order valence-electron chi connectivity index (χ3n) is 2.68. The maximum Gasteiger partial charge on any atom is 0.0761 e. The van der Waals surface area contributed by atoms with E-state index in [1.807, 2.05) is 25.2 Å². The van der Waals surface area contributed by atoms with Gasteiger partial charge in [-0.2, -0.15) is 0 Å². The molecule has 0 amide bonds. The van der Waals surface area contributed by atoms with E-state index >= 15 is 0 Å². The first-order chi connectivity index (χ1) is 9.02. The fourth-order valence-electron chi connectivity index (χ4n) is 1.79. The summed E-state index contributed by atoms with van der Waals surface area (Å²) in [5.74, 6) is 0. The molecule has 0 radical (unpaired) electrons. The molecule has 1 aromatic heterocycles. The van der Waals surface area contributed by atoms with E-state index in [2.05, 4.69) is 42.2 Å². The van der Waals surface area contributed by atoms with E-state index in [-0.39, 0.29) is 6.04 Å². The maximum atomic E-state index is 6.07. The molecule has 1 heterocycles. The van der Waals surface area contributed by atoms with Gasteiger partial charge in [-0.05, 0) is 62.7 Å². The first kappa shape index (κ1) is 15.3. The molecule has 100 valence electrons. The van der Waals surface area contributed by atoms with Crippen molar-refractivity contribution in [3.05, 3.63) is 60.7 Å². The lowest BCUT2D eigenvalue weighted by Gasteiger charge is -2.18. The Bertz CT molecular complexity index is 605. The Labute approximate surface area is 138 Å². The Balaban J connectivity index is 2.46. The lowest BCUT2D eigenvalue weighted by atomic mass is 10.0. The normalized spacial score (nSPS) is 12.5. The number of nitrogens with zero attached hydrogens (tertiary/aromatic N) is 1. The number of halogens is 4. The van der Waals surface area contributed by atoms with Gasteiger partial charge in [-0.15, -0.1) is 0 Å². The van der Waals surface area contributed by atoms with Crippen LogP contribution >= 0.6 is 55.1 Å². The number of rotatable bonds is 3. The molecule has 0 spiro atoms. The third-order valence-corrected chi connectivity index (χ3v) is 4.48. The molecular weight excluding hydrogens is 415 g/mol. The summed E-state index contributed by atoms with van der Waals surface area (Å²) in [6.07, 6.45) is 1.77. The standard InChI is InChI=1S/C13H10Br2Cl2N2/c1-18-12(7-2-3-10(16)11(17)4-7)13-9(15)5-8(14)6-19-13/h2-6,12,18H,1H3. The molecule has 0 bridgehead atoms. The number of aromatic nitrogens is 1. The zero-order valence-electron chi connectivity index (χ0n) is 9.92. The zero-order chi connectivity index (χ0) is 14.0. The van der Waals surface area contributed by atoms with Crippen molar-refractivity contribution in [1.29, 1.82) is 0 Å². The van der Waals surface area contributed by atoms with Crippen molar-refractivity contribution < 1.29 is 0 Å². The van der Waals surface area contributed by atoms with Crippen LogP contribution in [0.4, 0.5) is 0 Å². The minimum absolute atomic E-state index is 0.0581. The molecule has 2 aromatic rings. The Kier molecular flexibility index (Phi) is 5.26. The molecule has 0 saturated heterocycles. The van der Waals surface area contributed by atoms with E-state index in [0.29, 0.717) is 10.0 Å². The van der Waals surface area contributed by atoms with Gasteiger partial charge in [0.2, 0.25) is 0 Å². The van der Waals surface area contributed by atoms with Gasteiger partial charge in [-0.1, -0.05) is 29.3 Å². The predicted molar refractivity (Wildman–Crippen MR) is 87.0 cm³/mol. The largest absolute Gasteiger partial charge is 0.308 e. The molecular formula is C13H10Br2Cl2N2. The molecule has 0 fully saturated rings. The number of benzene rings is 1. The molecule has 19 heavy (non-hydrogen) atoms. The number of hydrogen-bond acceptors (Lipinski definition) is 2. The predicted octanol–water partition coefficient (Wildman–Crippen LogP) is 5.22. The van der Waals surface area contributed by atoms with Crippen molar-refractivity contribution in [2.24, 2.45) is 0 Å². The fraction of sp³-hybridized carbons (Fsp3) is 0.154.